The van der Waals surface area contributed by atoms with Crippen LogP contribution in [0.15, 0.2) is 24.3 Å². The summed E-state index contributed by atoms with van der Waals surface area (Å²) >= 11 is 5.73. The molecule has 0 bridgehead atoms. The second-order valence-electron chi connectivity index (χ2n) is 3.23. The molecule has 6 heteroatoms. The first-order chi connectivity index (χ1) is 8.61. The molecular weight excluding hydrogens is 260 g/mol. The van der Waals surface area contributed by atoms with Gasteiger partial charge < -0.3 is 14.2 Å². The number of carbonyl (C=O) groups excluding carboxylic acids is 2. The Kier molecular flexibility index (Phi) is 6.18. The highest BCUT2D eigenvalue weighted by atomic mass is 35.5. The summed E-state index contributed by atoms with van der Waals surface area (Å²) in [7, 11) is 0. The Bertz CT molecular complexity index is 419. The van der Waals surface area contributed by atoms with E-state index in [-0.39, 0.29) is 19.8 Å². The molecule has 0 atom stereocenters. The van der Waals surface area contributed by atoms with E-state index in [0.717, 1.165) is 0 Å². The van der Waals surface area contributed by atoms with Crippen molar-refractivity contribution in [2.24, 2.45) is 0 Å². The van der Waals surface area contributed by atoms with Crippen molar-refractivity contribution < 1.29 is 23.8 Å². The number of halogens is 1. The zero-order chi connectivity index (χ0) is 13.4. The number of hydrogen-bond acceptors (Lipinski definition) is 5. The molecule has 0 aliphatic heterocycles. The molecule has 1 aromatic rings. The van der Waals surface area contributed by atoms with Gasteiger partial charge in [0.25, 0.3) is 0 Å². The topological polar surface area (TPSA) is 61.8 Å². The molecule has 5 nitrogen and oxygen atoms in total. The molecule has 0 unspecified atom stereocenters. The average Bonchev–Trinajstić information content (AvgIpc) is 2.29. The van der Waals surface area contributed by atoms with Crippen LogP contribution in [-0.2, 0) is 19.1 Å². The number of carbonyl (C=O) groups is 2. The lowest BCUT2D eigenvalue weighted by atomic mass is 10.3. The zero-order valence-corrected chi connectivity index (χ0v) is 10.6. The van der Waals surface area contributed by atoms with Gasteiger partial charge >= 0.3 is 11.9 Å². The van der Waals surface area contributed by atoms with Gasteiger partial charge in [0.2, 0.25) is 0 Å². The second kappa shape index (κ2) is 7.68. The summed E-state index contributed by atoms with van der Waals surface area (Å²) in [6.45, 7) is 1.35. The third-order valence-corrected chi connectivity index (χ3v) is 2.01. The van der Waals surface area contributed by atoms with Crippen LogP contribution in [0, 0.1) is 0 Å². The van der Waals surface area contributed by atoms with Crippen molar-refractivity contribution in [2.45, 2.75) is 6.92 Å². The van der Waals surface area contributed by atoms with Gasteiger partial charge in [-0.2, -0.15) is 0 Å². The van der Waals surface area contributed by atoms with Gasteiger partial charge in [0.15, 0.2) is 0 Å². The minimum absolute atomic E-state index is 0.273. The molecule has 0 aliphatic carbocycles. The summed E-state index contributed by atoms with van der Waals surface area (Å²) in [5.41, 5.74) is 0. The van der Waals surface area contributed by atoms with Gasteiger partial charge in [-0.15, -0.1) is 0 Å². The van der Waals surface area contributed by atoms with Gasteiger partial charge in [0, 0.05) is 5.02 Å². The van der Waals surface area contributed by atoms with Crippen LogP contribution in [0.2, 0.25) is 5.02 Å². The number of benzene rings is 1. The van der Waals surface area contributed by atoms with Crippen LogP contribution in [0.25, 0.3) is 0 Å². The Balaban J connectivity index is 2.28. The molecule has 18 heavy (non-hydrogen) atoms. The van der Waals surface area contributed by atoms with Crippen molar-refractivity contribution in [3.63, 3.8) is 0 Å². The third kappa shape index (κ3) is 5.65. The van der Waals surface area contributed by atoms with Crippen LogP contribution < -0.4 is 4.74 Å². The van der Waals surface area contributed by atoms with Gasteiger partial charge in [0.1, 0.15) is 19.0 Å². The fraction of sp³-hybridized carbons (Fsp3) is 0.333. The summed E-state index contributed by atoms with van der Waals surface area (Å²) in [6.07, 6.45) is 0. The number of ether oxygens (including phenoxy) is 3. The van der Waals surface area contributed by atoms with Gasteiger partial charge in [-0.05, 0) is 25.1 Å². The minimum Gasteiger partial charge on any atom is -0.464 e. The van der Waals surface area contributed by atoms with E-state index in [1.54, 1.807) is 25.1 Å². The van der Waals surface area contributed by atoms with E-state index >= 15 is 0 Å². The molecule has 0 amide bonds. The minimum atomic E-state index is -0.610. The number of rotatable bonds is 6. The van der Waals surface area contributed by atoms with Crippen molar-refractivity contribution in [1.29, 1.82) is 0 Å². The Labute approximate surface area is 110 Å². The van der Waals surface area contributed by atoms with Crippen molar-refractivity contribution in [1.82, 2.24) is 0 Å². The standard InChI is InChI=1S/C12H13ClO5/c1-2-17-11(14)7-16-8-12(15)18-10-5-3-4-9(13)6-10/h3-6H,2,7-8H2,1H3. The highest BCUT2D eigenvalue weighted by Gasteiger charge is 2.08. The van der Waals surface area contributed by atoms with Crippen molar-refractivity contribution >= 4 is 23.5 Å². The molecule has 0 radical (unpaired) electrons. The first-order valence-electron chi connectivity index (χ1n) is 5.31. The van der Waals surface area contributed by atoms with Crippen molar-refractivity contribution in [3.8, 4) is 5.75 Å². The Morgan fingerprint density at radius 2 is 1.94 bits per heavy atom. The predicted molar refractivity (Wildman–Crippen MR) is 64.5 cm³/mol. The number of esters is 2. The molecule has 0 saturated carbocycles. The lowest BCUT2D eigenvalue weighted by Crippen LogP contribution is -2.20. The van der Waals surface area contributed by atoms with Crippen molar-refractivity contribution in [2.75, 3.05) is 19.8 Å². The highest BCUT2D eigenvalue weighted by molar-refractivity contribution is 6.30. The molecule has 0 N–H and O–H groups in total. The van der Waals surface area contributed by atoms with Crippen LogP contribution in [0.1, 0.15) is 6.92 Å². The molecule has 0 spiro atoms. The average molecular weight is 273 g/mol. The predicted octanol–water partition coefficient (Wildman–Crippen LogP) is 1.83. The number of hydrogen-bond donors (Lipinski definition) is 0. The maximum absolute atomic E-state index is 11.3. The van der Waals surface area contributed by atoms with Gasteiger partial charge in [-0.1, -0.05) is 17.7 Å². The Hall–Kier alpha value is -1.59. The Morgan fingerprint density at radius 3 is 2.61 bits per heavy atom. The Morgan fingerprint density at radius 1 is 1.22 bits per heavy atom. The summed E-state index contributed by atoms with van der Waals surface area (Å²) in [4.78, 5) is 22.2. The zero-order valence-electron chi connectivity index (χ0n) is 9.85. The molecule has 98 valence electrons. The summed E-state index contributed by atoms with van der Waals surface area (Å²) < 4.78 is 14.4. The van der Waals surface area contributed by atoms with Crippen LogP contribution in [0.5, 0.6) is 5.75 Å². The molecule has 0 fully saturated rings. The smallest absolute Gasteiger partial charge is 0.337 e. The molecule has 0 aromatic heterocycles. The van der Waals surface area contributed by atoms with Crippen LogP contribution in [0.4, 0.5) is 0 Å². The van der Waals surface area contributed by atoms with E-state index in [1.807, 2.05) is 0 Å². The first-order valence-corrected chi connectivity index (χ1v) is 5.69. The molecule has 1 rings (SSSR count). The first kappa shape index (κ1) is 14.5. The second-order valence-corrected chi connectivity index (χ2v) is 3.67. The monoisotopic (exact) mass is 272 g/mol. The normalized spacial score (nSPS) is 9.89. The summed E-state index contributed by atoms with van der Waals surface area (Å²) in [5, 5.41) is 0.466. The molecule has 0 heterocycles. The fourth-order valence-corrected chi connectivity index (χ4v) is 1.29. The van der Waals surface area contributed by atoms with E-state index in [4.69, 9.17) is 21.1 Å². The summed E-state index contributed by atoms with van der Waals surface area (Å²) in [5.74, 6) is -0.804. The lowest BCUT2D eigenvalue weighted by molar-refractivity contribution is -0.151. The van der Waals surface area contributed by atoms with Crippen LogP contribution in [0.3, 0.4) is 0 Å². The van der Waals surface area contributed by atoms with E-state index in [1.165, 1.54) is 6.07 Å². The molecule has 1 aromatic carbocycles. The molecule has 0 saturated heterocycles. The van der Waals surface area contributed by atoms with Crippen molar-refractivity contribution in [3.05, 3.63) is 29.3 Å². The largest absolute Gasteiger partial charge is 0.464 e. The third-order valence-electron chi connectivity index (χ3n) is 1.77. The van der Waals surface area contributed by atoms with E-state index in [2.05, 4.69) is 4.74 Å². The van der Waals surface area contributed by atoms with Gasteiger partial charge in [0.05, 0.1) is 6.61 Å². The quantitative estimate of drug-likeness (QED) is 0.584. The van der Waals surface area contributed by atoms with Crippen LogP contribution in [-0.4, -0.2) is 31.8 Å². The molecular formula is C12H13ClO5. The maximum Gasteiger partial charge on any atom is 0.337 e. The fourth-order valence-electron chi connectivity index (χ4n) is 1.11. The van der Waals surface area contributed by atoms with E-state index < -0.39 is 11.9 Å². The van der Waals surface area contributed by atoms with Gasteiger partial charge in [-0.3, -0.25) is 0 Å². The lowest BCUT2D eigenvalue weighted by Gasteiger charge is -2.05. The van der Waals surface area contributed by atoms with Gasteiger partial charge in [-0.25, -0.2) is 9.59 Å². The van der Waals surface area contributed by atoms with E-state index in [9.17, 15) is 9.59 Å². The maximum atomic E-state index is 11.3. The van der Waals surface area contributed by atoms with Crippen LogP contribution >= 0.6 is 11.6 Å². The SMILES string of the molecule is CCOC(=O)COCC(=O)Oc1cccc(Cl)c1. The molecule has 0 aliphatic rings. The highest BCUT2D eigenvalue weighted by Crippen LogP contribution is 2.17. The summed E-state index contributed by atoms with van der Waals surface area (Å²) in [6, 6.07) is 6.42. The van der Waals surface area contributed by atoms with E-state index in [0.29, 0.717) is 10.8 Å².